The Labute approximate surface area is 119 Å². The highest BCUT2D eigenvalue weighted by Gasteiger charge is 2.05. The average Bonchev–Trinajstić information content (AvgIpc) is 2.92. The van der Waals surface area contributed by atoms with Gasteiger partial charge in [0.05, 0.1) is 10.2 Å². The fourth-order valence-electron chi connectivity index (χ4n) is 1.67. The van der Waals surface area contributed by atoms with Crippen LogP contribution in [-0.4, -0.2) is 15.7 Å². The maximum Gasteiger partial charge on any atom is 0.204 e. The predicted molar refractivity (Wildman–Crippen MR) is 79.6 cm³/mol. The summed E-state index contributed by atoms with van der Waals surface area (Å²) < 4.78 is 1.07. The van der Waals surface area contributed by atoms with Crippen molar-refractivity contribution in [2.75, 3.05) is 5.43 Å². The van der Waals surface area contributed by atoms with Crippen molar-refractivity contribution in [3.63, 3.8) is 0 Å². The Morgan fingerprint density at radius 3 is 2.80 bits per heavy atom. The molecular weight excluding hydrogens is 270 g/mol. The van der Waals surface area contributed by atoms with Crippen LogP contribution in [-0.2, 0) is 0 Å². The van der Waals surface area contributed by atoms with Crippen molar-refractivity contribution < 1.29 is 0 Å². The van der Waals surface area contributed by atoms with Crippen molar-refractivity contribution in [2.24, 2.45) is 5.10 Å². The summed E-state index contributed by atoms with van der Waals surface area (Å²) in [6.07, 6.45) is 1.62. The van der Waals surface area contributed by atoms with Crippen LogP contribution in [0.4, 0.5) is 5.13 Å². The zero-order valence-electron chi connectivity index (χ0n) is 10.3. The Balaban J connectivity index is 1.87. The van der Waals surface area contributed by atoms with Gasteiger partial charge in [-0.2, -0.15) is 10.4 Å². The molecular formula is C14H9N5S. The van der Waals surface area contributed by atoms with Gasteiger partial charge in [-0.1, -0.05) is 29.5 Å². The number of thiazole rings is 1. The van der Waals surface area contributed by atoms with Gasteiger partial charge in [-0.15, -0.1) is 0 Å². The van der Waals surface area contributed by atoms with E-state index in [0.717, 1.165) is 10.2 Å². The number of anilines is 1. The molecule has 3 aromatic rings. The number of benzene rings is 1. The molecule has 2 heterocycles. The van der Waals surface area contributed by atoms with Gasteiger partial charge < -0.3 is 0 Å². The topological polar surface area (TPSA) is 74.0 Å². The third kappa shape index (κ3) is 2.48. The van der Waals surface area contributed by atoms with Gasteiger partial charge in [-0.05, 0) is 24.3 Å². The number of rotatable bonds is 3. The highest BCUT2D eigenvalue weighted by molar-refractivity contribution is 7.22. The molecule has 0 aliphatic carbocycles. The van der Waals surface area contributed by atoms with Crippen LogP contribution in [0.5, 0.6) is 0 Å². The quantitative estimate of drug-likeness (QED) is 0.590. The molecule has 0 radical (unpaired) electrons. The molecule has 96 valence electrons. The predicted octanol–water partition coefficient (Wildman–Crippen LogP) is 3.03. The zero-order chi connectivity index (χ0) is 13.8. The Hall–Kier alpha value is -2.78. The monoisotopic (exact) mass is 279 g/mol. The van der Waals surface area contributed by atoms with Gasteiger partial charge in [-0.3, -0.25) is 10.4 Å². The number of aromatic nitrogens is 2. The molecule has 0 bridgehead atoms. The number of fused-ring (bicyclic) bond motifs is 1. The first kappa shape index (κ1) is 12.3. The minimum atomic E-state index is 0.227. The van der Waals surface area contributed by atoms with Gasteiger partial charge in [0, 0.05) is 6.20 Å². The Morgan fingerprint density at radius 1 is 1.20 bits per heavy atom. The summed E-state index contributed by atoms with van der Waals surface area (Å²) in [6.45, 7) is 0. The minimum absolute atomic E-state index is 0.227. The summed E-state index contributed by atoms with van der Waals surface area (Å²) in [5, 5.41) is 13.8. The van der Waals surface area contributed by atoms with Gasteiger partial charge in [-0.25, -0.2) is 4.98 Å². The molecule has 0 unspecified atom stereocenters. The number of hydrogen-bond acceptors (Lipinski definition) is 6. The second-order valence-corrected chi connectivity index (χ2v) is 4.92. The first-order valence-electron chi connectivity index (χ1n) is 5.87. The molecule has 1 aromatic carbocycles. The SMILES string of the molecule is N#C/C(=N\Nc1nc2ccccc2s1)c1ccccn1. The Bertz CT molecular complexity index is 768. The van der Waals surface area contributed by atoms with Crippen LogP contribution < -0.4 is 5.43 Å². The molecule has 0 atom stereocenters. The van der Waals surface area contributed by atoms with E-state index in [9.17, 15) is 0 Å². The lowest BCUT2D eigenvalue weighted by atomic mass is 10.2. The first-order valence-corrected chi connectivity index (χ1v) is 6.69. The highest BCUT2D eigenvalue weighted by Crippen LogP contribution is 2.25. The summed E-state index contributed by atoms with van der Waals surface area (Å²) in [5.74, 6) is 0. The number of hydrazone groups is 1. The van der Waals surface area contributed by atoms with Crippen molar-refractivity contribution in [1.29, 1.82) is 5.26 Å². The largest absolute Gasteiger partial charge is 0.254 e. The van der Waals surface area contributed by atoms with E-state index in [1.165, 1.54) is 11.3 Å². The number of nitrogens with one attached hydrogen (secondary N) is 1. The summed E-state index contributed by atoms with van der Waals surface area (Å²) in [7, 11) is 0. The molecule has 5 nitrogen and oxygen atoms in total. The fourth-order valence-corrected chi connectivity index (χ4v) is 2.47. The Morgan fingerprint density at radius 2 is 2.05 bits per heavy atom. The summed E-state index contributed by atoms with van der Waals surface area (Å²) in [6, 6.07) is 15.2. The molecule has 0 saturated carbocycles. The van der Waals surface area contributed by atoms with Crippen LogP contribution in [0.3, 0.4) is 0 Å². The highest BCUT2D eigenvalue weighted by atomic mass is 32.1. The van der Waals surface area contributed by atoms with E-state index in [1.54, 1.807) is 18.3 Å². The van der Waals surface area contributed by atoms with Crippen molar-refractivity contribution in [2.45, 2.75) is 0 Å². The number of hydrogen-bond donors (Lipinski definition) is 1. The van der Waals surface area contributed by atoms with Crippen LogP contribution in [0.2, 0.25) is 0 Å². The minimum Gasteiger partial charge on any atom is -0.254 e. The molecule has 0 aliphatic rings. The number of nitriles is 1. The van der Waals surface area contributed by atoms with E-state index in [0.29, 0.717) is 10.8 Å². The second kappa shape index (κ2) is 5.47. The summed E-state index contributed by atoms with van der Waals surface area (Å²) in [5.41, 5.74) is 4.48. The molecule has 0 spiro atoms. The lowest BCUT2D eigenvalue weighted by Crippen LogP contribution is -2.03. The number of pyridine rings is 1. The molecule has 0 aliphatic heterocycles. The van der Waals surface area contributed by atoms with Crippen LogP contribution in [0, 0.1) is 11.3 Å². The maximum absolute atomic E-state index is 9.12. The van der Waals surface area contributed by atoms with Crippen LogP contribution in [0.15, 0.2) is 53.8 Å². The summed E-state index contributed by atoms with van der Waals surface area (Å²) >= 11 is 1.49. The molecule has 0 amide bonds. The molecule has 1 N–H and O–H groups in total. The number of para-hydroxylation sites is 1. The van der Waals surface area contributed by atoms with Gasteiger partial charge in [0.1, 0.15) is 11.8 Å². The second-order valence-electron chi connectivity index (χ2n) is 3.89. The van der Waals surface area contributed by atoms with Crippen molar-refractivity contribution >= 4 is 32.4 Å². The van der Waals surface area contributed by atoms with Gasteiger partial charge >= 0.3 is 0 Å². The lowest BCUT2D eigenvalue weighted by molar-refractivity contribution is 1.25. The smallest absolute Gasteiger partial charge is 0.204 e. The fraction of sp³-hybridized carbons (Fsp3) is 0. The zero-order valence-corrected chi connectivity index (χ0v) is 11.1. The van der Waals surface area contributed by atoms with E-state index in [4.69, 9.17) is 5.26 Å². The molecule has 6 heteroatoms. The van der Waals surface area contributed by atoms with Gasteiger partial charge in [0.2, 0.25) is 5.13 Å². The van der Waals surface area contributed by atoms with Crippen molar-refractivity contribution in [3.05, 3.63) is 54.4 Å². The van der Waals surface area contributed by atoms with Crippen molar-refractivity contribution in [3.8, 4) is 6.07 Å². The van der Waals surface area contributed by atoms with E-state index >= 15 is 0 Å². The maximum atomic E-state index is 9.12. The molecule has 3 rings (SSSR count). The van der Waals surface area contributed by atoms with Crippen molar-refractivity contribution in [1.82, 2.24) is 9.97 Å². The van der Waals surface area contributed by atoms with Gasteiger partial charge in [0.25, 0.3) is 0 Å². The third-order valence-corrected chi connectivity index (χ3v) is 3.51. The molecule has 20 heavy (non-hydrogen) atoms. The molecule has 0 fully saturated rings. The van der Waals surface area contributed by atoms with Crippen LogP contribution in [0.1, 0.15) is 5.69 Å². The summed E-state index contributed by atoms with van der Waals surface area (Å²) in [4.78, 5) is 8.48. The normalized spacial score (nSPS) is 11.2. The Kier molecular flexibility index (Phi) is 3.35. The van der Waals surface area contributed by atoms with Gasteiger partial charge in [0.15, 0.2) is 5.71 Å². The van der Waals surface area contributed by atoms with E-state index in [-0.39, 0.29) is 5.71 Å². The van der Waals surface area contributed by atoms with Crippen LogP contribution in [0.25, 0.3) is 10.2 Å². The third-order valence-electron chi connectivity index (χ3n) is 2.57. The van der Waals surface area contributed by atoms with E-state index in [2.05, 4.69) is 20.5 Å². The number of nitrogens with zero attached hydrogens (tertiary/aromatic N) is 4. The van der Waals surface area contributed by atoms with E-state index in [1.807, 2.05) is 36.4 Å². The molecule has 0 saturated heterocycles. The average molecular weight is 279 g/mol. The van der Waals surface area contributed by atoms with E-state index < -0.39 is 0 Å². The van der Waals surface area contributed by atoms with Crippen LogP contribution >= 0.6 is 11.3 Å². The molecule has 2 aromatic heterocycles. The lowest BCUT2D eigenvalue weighted by Gasteiger charge is -1.97. The first-order chi connectivity index (χ1) is 9.86. The standard InChI is InChI=1S/C14H9N5S/c15-9-12(10-5-3-4-8-16-10)18-19-14-17-11-6-1-2-7-13(11)20-14/h1-8H,(H,17,19)/b18-12+.